The first kappa shape index (κ1) is 21.2. The maximum absolute atomic E-state index is 11.7. The molecule has 1 aliphatic heterocycles. The number of nitrogens with one attached hydrogen (secondary N) is 1. The molecule has 0 spiro atoms. The quantitative estimate of drug-likeness (QED) is 0.657. The molecular weight excluding hydrogens is 388 g/mol. The van der Waals surface area contributed by atoms with Crippen LogP contribution in [0.2, 0.25) is 0 Å². The highest BCUT2D eigenvalue weighted by Gasteiger charge is 2.27. The third kappa shape index (κ3) is 4.82. The van der Waals surface area contributed by atoms with Crippen LogP contribution < -0.4 is 5.32 Å². The smallest absolute Gasteiger partial charge is 0.219 e. The number of nitrogens with zero attached hydrogens (tertiary/aromatic N) is 5. The largest absolute Gasteiger partial charge is 0.373 e. The van der Waals surface area contributed by atoms with Crippen molar-refractivity contribution in [2.24, 2.45) is 0 Å². The molecule has 2 aromatic heterocycles. The molecule has 162 valence electrons. The van der Waals surface area contributed by atoms with Gasteiger partial charge in [0.2, 0.25) is 5.91 Å². The van der Waals surface area contributed by atoms with Gasteiger partial charge in [0.25, 0.3) is 0 Å². The van der Waals surface area contributed by atoms with Crippen molar-refractivity contribution in [1.82, 2.24) is 24.8 Å². The molecule has 1 aliphatic rings. The topological polar surface area (TPSA) is 74.2 Å². The van der Waals surface area contributed by atoms with Crippen LogP contribution in [-0.4, -0.2) is 51.3 Å². The summed E-state index contributed by atoms with van der Waals surface area (Å²) in [6.07, 6.45) is 5.20. The second-order valence-corrected chi connectivity index (χ2v) is 8.20. The van der Waals surface area contributed by atoms with Crippen molar-refractivity contribution in [3.8, 4) is 0 Å². The van der Waals surface area contributed by atoms with Crippen molar-refractivity contribution >= 4 is 22.6 Å². The monoisotopic (exact) mass is 418 g/mol. The van der Waals surface area contributed by atoms with E-state index in [0.717, 1.165) is 48.8 Å². The molecule has 7 nitrogen and oxygen atoms in total. The Hall–Kier alpha value is -3.06. The minimum atomic E-state index is 0.0232. The average molecular weight is 419 g/mol. The third-order valence-corrected chi connectivity index (χ3v) is 6.01. The lowest BCUT2D eigenvalue weighted by atomic mass is 9.99. The maximum atomic E-state index is 11.7. The molecule has 1 amide bonds. The Morgan fingerprint density at radius 1 is 1.23 bits per heavy atom. The van der Waals surface area contributed by atoms with Gasteiger partial charge in [-0.15, -0.1) is 0 Å². The van der Waals surface area contributed by atoms with Crippen molar-refractivity contribution in [2.45, 2.75) is 45.3 Å². The zero-order valence-corrected chi connectivity index (χ0v) is 18.5. The number of fused-ring (bicyclic) bond motifs is 1. The van der Waals surface area contributed by atoms with Crippen LogP contribution in [0, 0.1) is 0 Å². The molecule has 1 atom stereocenters. The number of aromatic nitrogens is 3. The molecule has 4 rings (SSSR count). The fourth-order valence-electron chi connectivity index (χ4n) is 4.23. The second-order valence-electron chi connectivity index (χ2n) is 8.20. The summed E-state index contributed by atoms with van der Waals surface area (Å²) < 4.78 is 0. The number of carbonyl (C=O) groups excluding carboxylic acids is 1. The molecule has 0 saturated carbocycles. The van der Waals surface area contributed by atoms with Gasteiger partial charge in [-0.1, -0.05) is 24.6 Å². The molecule has 0 radical (unpaired) electrons. The second kappa shape index (κ2) is 9.39. The van der Waals surface area contributed by atoms with Gasteiger partial charge in [-0.3, -0.25) is 14.7 Å². The van der Waals surface area contributed by atoms with Gasteiger partial charge in [-0.25, -0.2) is 9.97 Å². The summed E-state index contributed by atoms with van der Waals surface area (Å²) in [6, 6.07) is 12.5. The van der Waals surface area contributed by atoms with Crippen LogP contribution in [-0.2, 0) is 17.9 Å². The van der Waals surface area contributed by atoms with Crippen LogP contribution in [0.25, 0.3) is 10.9 Å². The summed E-state index contributed by atoms with van der Waals surface area (Å²) in [7, 11) is 3.66. The first-order chi connectivity index (χ1) is 15.0. The molecule has 0 aliphatic carbocycles. The van der Waals surface area contributed by atoms with Crippen LogP contribution in [0.3, 0.4) is 0 Å². The van der Waals surface area contributed by atoms with E-state index >= 15 is 0 Å². The number of pyridine rings is 1. The average Bonchev–Trinajstić information content (AvgIpc) is 2.79. The summed E-state index contributed by atoms with van der Waals surface area (Å²) in [5.74, 6) is 1.64. The fourth-order valence-corrected chi connectivity index (χ4v) is 4.23. The fraction of sp³-hybridized carbons (Fsp3) is 0.417. The van der Waals surface area contributed by atoms with Crippen LogP contribution in [0.5, 0.6) is 0 Å². The first-order valence-corrected chi connectivity index (χ1v) is 10.9. The van der Waals surface area contributed by atoms with Crippen molar-refractivity contribution in [1.29, 1.82) is 0 Å². The van der Waals surface area contributed by atoms with Crippen LogP contribution in [0.4, 0.5) is 5.82 Å². The summed E-state index contributed by atoms with van der Waals surface area (Å²) in [5, 5.41) is 4.35. The van der Waals surface area contributed by atoms with Gasteiger partial charge in [-0.2, -0.15) is 0 Å². The number of carbonyl (C=O) groups is 1. The molecule has 0 bridgehead atoms. The standard InChI is InChI=1S/C24H30N6O/c1-17(31)29(3)16-19-14-23(25-2)28-24(27-19)22-11-4-5-13-30(22)15-18-8-6-10-21-20(18)9-7-12-26-21/h6-10,12,14,22H,4-5,11,13,15-16H2,1-3H3,(H,25,27,28)/t22-/m0/s1. The lowest BCUT2D eigenvalue weighted by Crippen LogP contribution is -2.34. The Balaban J connectivity index is 1.64. The lowest BCUT2D eigenvalue weighted by Gasteiger charge is -2.35. The van der Waals surface area contributed by atoms with E-state index in [1.165, 1.54) is 17.4 Å². The molecule has 7 heteroatoms. The Morgan fingerprint density at radius 2 is 2.10 bits per heavy atom. The van der Waals surface area contributed by atoms with Gasteiger partial charge in [-0.05, 0) is 37.1 Å². The lowest BCUT2D eigenvalue weighted by molar-refractivity contribution is -0.128. The highest BCUT2D eigenvalue weighted by Crippen LogP contribution is 2.32. The van der Waals surface area contributed by atoms with Crippen molar-refractivity contribution in [3.63, 3.8) is 0 Å². The molecule has 3 aromatic rings. The summed E-state index contributed by atoms with van der Waals surface area (Å²) in [4.78, 5) is 30.1. The maximum Gasteiger partial charge on any atom is 0.219 e. The van der Waals surface area contributed by atoms with E-state index in [0.29, 0.717) is 6.54 Å². The van der Waals surface area contributed by atoms with Gasteiger partial charge < -0.3 is 10.2 Å². The van der Waals surface area contributed by atoms with E-state index in [2.05, 4.69) is 39.5 Å². The number of likely N-dealkylation sites (tertiary alicyclic amines) is 1. The van der Waals surface area contributed by atoms with E-state index in [4.69, 9.17) is 9.97 Å². The van der Waals surface area contributed by atoms with Gasteiger partial charge in [0.15, 0.2) is 0 Å². The number of amides is 1. The predicted octanol–water partition coefficient (Wildman–Crippen LogP) is 3.77. The molecule has 1 saturated heterocycles. The van der Waals surface area contributed by atoms with E-state index in [1.54, 1.807) is 18.9 Å². The number of hydrogen-bond donors (Lipinski definition) is 1. The number of rotatable bonds is 6. The highest BCUT2D eigenvalue weighted by molar-refractivity contribution is 5.81. The van der Waals surface area contributed by atoms with Gasteiger partial charge in [0.05, 0.1) is 23.8 Å². The third-order valence-electron chi connectivity index (χ3n) is 6.01. The van der Waals surface area contributed by atoms with Crippen LogP contribution >= 0.6 is 0 Å². The molecule has 1 aromatic carbocycles. The van der Waals surface area contributed by atoms with E-state index in [9.17, 15) is 4.79 Å². The first-order valence-electron chi connectivity index (χ1n) is 10.9. The highest BCUT2D eigenvalue weighted by atomic mass is 16.2. The van der Waals surface area contributed by atoms with E-state index < -0.39 is 0 Å². The molecule has 3 heterocycles. The number of benzene rings is 1. The van der Waals surface area contributed by atoms with Crippen LogP contribution in [0.15, 0.2) is 42.6 Å². The van der Waals surface area contributed by atoms with E-state index in [-0.39, 0.29) is 11.9 Å². The van der Waals surface area contributed by atoms with Crippen molar-refractivity contribution in [2.75, 3.05) is 26.0 Å². The zero-order chi connectivity index (χ0) is 21.8. The van der Waals surface area contributed by atoms with Crippen molar-refractivity contribution < 1.29 is 4.79 Å². The Labute approximate surface area is 183 Å². The Kier molecular flexibility index (Phi) is 6.42. The summed E-state index contributed by atoms with van der Waals surface area (Å²) >= 11 is 0. The number of hydrogen-bond acceptors (Lipinski definition) is 6. The van der Waals surface area contributed by atoms with E-state index in [1.807, 2.05) is 25.4 Å². The molecule has 1 fully saturated rings. The van der Waals surface area contributed by atoms with Crippen molar-refractivity contribution in [3.05, 3.63) is 59.7 Å². The number of piperidine rings is 1. The molecular formula is C24H30N6O. The van der Waals surface area contributed by atoms with Gasteiger partial charge >= 0.3 is 0 Å². The molecule has 1 N–H and O–H groups in total. The normalized spacial score (nSPS) is 16.9. The number of anilines is 1. The minimum absolute atomic E-state index is 0.0232. The SMILES string of the molecule is CNc1cc(CN(C)C(C)=O)nc([C@@H]2CCCCN2Cc2cccc3ncccc23)n1. The van der Waals surface area contributed by atoms with Crippen LogP contribution in [0.1, 0.15) is 49.3 Å². The Morgan fingerprint density at radius 3 is 2.90 bits per heavy atom. The van der Waals surface area contributed by atoms with Gasteiger partial charge in [0, 0.05) is 45.2 Å². The molecule has 31 heavy (non-hydrogen) atoms. The zero-order valence-electron chi connectivity index (χ0n) is 18.5. The van der Waals surface area contributed by atoms with Gasteiger partial charge in [0.1, 0.15) is 11.6 Å². The summed E-state index contributed by atoms with van der Waals surface area (Å²) in [5.41, 5.74) is 3.15. The molecule has 0 unspecified atom stereocenters. The Bertz CT molecular complexity index is 1060. The predicted molar refractivity (Wildman–Crippen MR) is 122 cm³/mol. The summed E-state index contributed by atoms with van der Waals surface area (Å²) in [6.45, 7) is 3.89. The minimum Gasteiger partial charge on any atom is -0.373 e.